The number of amides is 4. The number of anilines is 1. The summed E-state index contributed by atoms with van der Waals surface area (Å²) in [6.07, 6.45) is 0.462. The number of rotatable bonds is 6. The van der Waals surface area contributed by atoms with Crippen LogP contribution in [0.1, 0.15) is 28.8 Å². The molecule has 1 atom stereocenters. The van der Waals surface area contributed by atoms with E-state index in [1.54, 1.807) is 18.2 Å². The zero-order chi connectivity index (χ0) is 18.7. The van der Waals surface area contributed by atoms with E-state index in [9.17, 15) is 19.2 Å². The number of nitrogens with zero attached hydrogens (tertiary/aromatic N) is 1. The molecule has 1 aromatic carbocycles. The van der Waals surface area contributed by atoms with Gasteiger partial charge in [-0.3, -0.25) is 24.5 Å². The lowest BCUT2D eigenvalue weighted by molar-refractivity contribution is -0.137. The van der Waals surface area contributed by atoms with Gasteiger partial charge in [-0.2, -0.15) is 0 Å². The fraction of sp³-hybridized carbons (Fsp3) is 0.412. The number of aliphatic hydroxyl groups excluding tert-OH is 1. The van der Waals surface area contributed by atoms with Gasteiger partial charge < -0.3 is 20.1 Å². The average molecular weight is 361 g/mol. The van der Waals surface area contributed by atoms with Gasteiger partial charge in [-0.05, 0) is 18.6 Å². The van der Waals surface area contributed by atoms with Crippen LogP contribution in [-0.2, 0) is 25.7 Å². The van der Waals surface area contributed by atoms with Gasteiger partial charge in [0.25, 0.3) is 5.91 Å². The zero-order valence-electron chi connectivity index (χ0n) is 14.0. The minimum Gasteiger partial charge on any atom is -0.394 e. The first-order valence-corrected chi connectivity index (χ1v) is 8.26. The molecule has 0 spiro atoms. The number of aliphatic hydroxyl groups is 1. The van der Waals surface area contributed by atoms with Crippen LogP contribution in [0.3, 0.4) is 0 Å². The lowest BCUT2D eigenvalue weighted by Gasteiger charge is -2.29. The molecule has 26 heavy (non-hydrogen) atoms. The summed E-state index contributed by atoms with van der Waals surface area (Å²) in [6.45, 7) is -0.158. The van der Waals surface area contributed by atoms with E-state index >= 15 is 0 Å². The minimum absolute atomic E-state index is 0.0576. The standard InChI is InChI=1S/C17H19N3O6/c21-6-7-26-9-15(23)18-12-3-1-2-10-11(12)8-20(17(10)25)13-4-5-14(22)19-16(13)24/h1-3,13,21H,4-9H2,(H,18,23)(H,19,22,24). The second kappa shape index (κ2) is 7.63. The van der Waals surface area contributed by atoms with E-state index < -0.39 is 17.9 Å². The lowest BCUT2D eigenvalue weighted by Crippen LogP contribution is -2.52. The number of carbonyl (C=O) groups excluding carboxylic acids is 4. The van der Waals surface area contributed by atoms with E-state index in [2.05, 4.69) is 10.6 Å². The van der Waals surface area contributed by atoms with Gasteiger partial charge in [-0.15, -0.1) is 0 Å². The van der Waals surface area contributed by atoms with Gasteiger partial charge in [0.2, 0.25) is 17.7 Å². The van der Waals surface area contributed by atoms with Crippen LogP contribution < -0.4 is 10.6 Å². The van der Waals surface area contributed by atoms with Crippen molar-refractivity contribution in [1.82, 2.24) is 10.2 Å². The summed E-state index contributed by atoms with van der Waals surface area (Å²) >= 11 is 0. The monoisotopic (exact) mass is 361 g/mol. The maximum atomic E-state index is 12.7. The first-order chi connectivity index (χ1) is 12.5. The number of nitrogens with one attached hydrogen (secondary N) is 2. The Morgan fingerprint density at radius 2 is 2.15 bits per heavy atom. The molecule has 3 N–H and O–H groups in total. The molecule has 0 aliphatic carbocycles. The lowest BCUT2D eigenvalue weighted by atomic mass is 10.0. The predicted octanol–water partition coefficient (Wildman–Crippen LogP) is -0.605. The first-order valence-electron chi connectivity index (χ1n) is 8.26. The van der Waals surface area contributed by atoms with Crippen LogP contribution in [0.5, 0.6) is 0 Å². The molecule has 3 rings (SSSR count). The van der Waals surface area contributed by atoms with Gasteiger partial charge >= 0.3 is 0 Å². The molecule has 2 aliphatic heterocycles. The molecule has 1 unspecified atom stereocenters. The van der Waals surface area contributed by atoms with Gasteiger partial charge in [-0.1, -0.05) is 6.07 Å². The Kier molecular flexibility index (Phi) is 5.29. The SMILES string of the molecule is O=C1CCC(N2Cc3c(NC(=O)COCCO)cccc3C2=O)C(=O)N1. The van der Waals surface area contributed by atoms with Crippen molar-refractivity contribution < 1.29 is 29.0 Å². The fourth-order valence-corrected chi connectivity index (χ4v) is 3.12. The van der Waals surface area contributed by atoms with Gasteiger partial charge in [0.05, 0.1) is 13.2 Å². The Morgan fingerprint density at radius 1 is 1.35 bits per heavy atom. The van der Waals surface area contributed by atoms with Crippen LogP contribution in [-0.4, -0.2) is 59.5 Å². The van der Waals surface area contributed by atoms with Crippen LogP contribution in [0.25, 0.3) is 0 Å². The fourth-order valence-electron chi connectivity index (χ4n) is 3.12. The molecule has 0 saturated carbocycles. The number of imide groups is 1. The summed E-state index contributed by atoms with van der Waals surface area (Å²) in [5.74, 6) is -1.53. The van der Waals surface area contributed by atoms with Crippen molar-refractivity contribution in [2.24, 2.45) is 0 Å². The number of ether oxygens (including phenoxy) is 1. The van der Waals surface area contributed by atoms with E-state index in [-0.39, 0.29) is 51.0 Å². The van der Waals surface area contributed by atoms with Crippen LogP contribution >= 0.6 is 0 Å². The molecular weight excluding hydrogens is 342 g/mol. The third-order valence-corrected chi connectivity index (χ3v) is 4.32. The number of hydrogen-bond acceptors (Lipinski definition) is 6. The Balaban J connectivity index is 1.74. The van der Waals surface area contributed by atoms with Crippen molar-refractivity contribution in [2.45, 2.75) is 25.4 Å². The van der Waals surface area contributed by atoms with Crippen molar-refractivity contribution >= 4 is 29.3 Å². The molecule has 0 radical (unpaired) electrons. The maximum absolute atomic E-state index is 12.7. The molecule has 9 heteroatoms. The van der Waals surface area contributed by atoms with Gasteiger partial charge in [-0.25, -0.2) is 0 Å². The molecule has 2 aliphatic rings. The van der Waals surface area contributed by atoms with Gasteiger partial charge in [0, 0.05) is 29.8 Å². The summed E-state index contributed by atoms with van der Waals surface area (Å²) in [4.78, 5) is 49.4. The summed E-state index contributed by atoms with van der Waals surface area (Å²) < 4.78 is 4.97. The summed E-state index contributed by atoms with van der Waals surface area (Å²) in [5, 5.41) is 13.6. The molecule has 0 bridgehead atoms. The highest BCUT2D eigenvalue weighted by Crippen LogP contribution is 2.32. The second-order valence-electron chi connectivity index (χ2n) is 6.06. The van der Waals surface area contributed by atoms with E-state index in [4.69, 9.17) is 9.84 Å². The normalized spacial score (nSPS) is 19.3. The molecule has 1 aromatic rings. The van der Waals surface area contributed by atoms with Gasteiger partial charge in [0.1, 0.15) is 12.6 Å². The Morgan fingerprint density at radius 3 is 2.88 bits per heavy atom. The third kappa shape index (κ3) is 3.58. The number of fused-ring (bicyclic) bond motifs is 1. The van der Waals surface area contributed by atoms with Crippen molar-refractivity contribution in [3.63, 3.8) is 0 Å². The van der Waals surface area contributed by atoms with Crippen molar-refractivity contribution in [1.29, 1.82) is 0 Å². The topological polar surface area (TPSA) is 125 Å². The number of piperidine rings is 1. The highest BCUT2D eigenvalue weighted by atomic mass is 16.5. The summed E-state index contributed by atoms with van der Waals surface area (Å²) in [7, 11) is 0. The molecule has 0 aromatic heterocycles. The average Bonchev–Trinajstić information content (AvgIpc) is 2.93. The number of hydrogen-bond donors (Lipinski definition) is 3. The Bertz CT molecular complexity index is 763. The van der Waals surface area contributed by atoms with E-state index in [1.807, 2.05) is 0 Å². The Hall–Kier alpha value is -2.78. The van der Waals surface area contributed by atoms with Crippen LogP contribution in [0.15, 0.2) is 18.2 Å². The van der Waals surface area contributed by atoms with E-state index in [0.717, 1.165) is 0 Å². The maximum Gasteiger partial charge on any atom is 0.255 e. The second-order valence-corrected chi connectivity index (χ2v) is 6.06. The van der Waals surface area contributed by atoms with Gasteiger partial charge in [0.15, 0.2) is 0 Å². The Labute approximate surface area is 149 Å². The molecule has 4 amide bonds. The van der Waals surface area contributed by atoms with Crippen molar-refractivity contribution in [3.05, 3.63) is 29.3 Å². The highest BCUT2D eigenvalue weighted by molar-refractivity contribution is 6.06. The first kappa shape index (κ1) is 18.0. The summed E-state index contributed by atoms with van der Waals surface area (Å²) in [6, 6.07) is 4.25. The minimum atomic E-state index is -0.705. The summed E-state index contributed by atoms with van der Waals surface area (Å²) in [5.41, 5.74) is 1.52. The largest absolute Gasteiger partial charge is 0.394 e. The van der Waals surface area contributed by atoms with Crippen molar-refractivity contribution in [3.8, 4) is 0 Å². The van der Waals surface area contributed by atoms with Crippen LogP contribution in [0, 0.1) is 0 Å². The highest BCUT2D eigenvalue weighted by Gasteiger charge is 2.39. The molecular formula is C17H19N3O6. The smallest absolute Gasteiger partial charge is 0.255 e. The quantitative estimate of drug-likeness (QED) is 0.459. The molecule has 1 fully saturated rings. The number of carbonyl (C=O) groups is 4. The number of benzene rings is 1. The zero-order valence-corrected chi connectivity index (χ0v) is 14.0. The van der Waals surface area contributed by atoms with E-state index in [0.29, 0.717) is 16.8 Å². The molecule has 2 heterocycles. The van der Waals surface area contributed by atoms with Crippen LogP contribution in [0.4, 0.5) is 5.69 Å². The molecule has 1 saturated heterocycles. The van der Waals surface area contributed by atoms with Crippen molar-refractivity contribution in [2.75, 3.05) is 25.1 Å². The third-order valence-electron chi connectivity index (χ3n) is 4.32. The van der Waals surface area contributed by atoms with E-state index in [1.165, 1.54) is 4.90 Å². The molecule has 9 nitrogen and oxygen atoms in total. The predicted molar refractivity (Wildman–Crippen MR) is 89.0 cm³/mol. The van der Waals surface area contributed by atoms with Crippen LogP contribution in [0.2, 0.25) is 0 Å². The molecule has 138 valence electrons.